The van der Waals surface area contributed by atoms with E-state index in [-0.39, 0.29) is 21.7 Å². The molecular weight excluding hydrogens is 442 g/mol. The Balaban J connectivity index is 1.56. The summed E-state index contributed by atoms with van der Waals surface area (Å²) in [5, 5.41) is 1.91. The molecule has 1 N–H and O–H groups in total. The number of aryl methyl sites for hydroxylation is 1. The van der Waals surface area contributed by atoms with Crippen molar-refractivity contribution in [3.05, 3.63) is 69.7 Å². The Labute approximate surface area is 194 Å². The summed E-state index contributed by atoms with van der Waals surface area (Å²) in [6, 6.07) is 5.53. The largest absolute Gasteiger partial charge is 0.330 e. The van der Waals surface area contributed by atoms with Gasteiger partial charge in [0.25, 0.3) is 5.91 Å². The third-order valence-corrected chi connectivity index (χ3v) is 5.36. The first-order valence-electron chi connectivity index (χ1n) is 12.1. The second kappa shape index (κ2) is 8.43. The van der Waals surface area contributed by atoms with Gasteiger partial charge >= 0.3 is 5.92 Å². The second-order valence-corrected chi connectivity index (χ2v) is 7.61. The van der Waals surface area contributed by atoms with Gasteiger partial charge in [0.05, 0.1) is 1.37 Å². The maximum Gasteiger partial charge on any atom is 0.330 e. The Morgan fingerprint density at radius 3 is 2.69 bits per heavy atom. The fourth-order valence-corrected chi connectivity index (χ4v) is 3.55. The number of alkyl halides is 2. The van der Waals surface area contributed by atoms with Gasteiger partial charge in [-0.15, -0.1) is 0 Å². The van der Waals surface area contributed by atoms with Gasteiger partial charge in [-0.2, -0.15) is 8.78 Å². The number of benzene rings is 2. The number of Topliss-reactive ketones (excluding diaryl/α,β-unsaturated/α-hetero) is 1. The van der Waals surface area contributed by atoms with Crippen molar-refractivity contribution in [1.82, 2.24) is 10.2 Å². The van der Waals surface area contributed by atoms with E-state index in [2.05, 4.69) is 0 Å². The standard InChI is InChI=1S/C23H19ClF2N2O4/c24-16-5-3-15(4-6-16)23(25,26)19(29)9-2-13-1-7-17-14(11-13)12-28(22(17)32)18-8-10-20(30)27-21(18)31/h1,3-7,11,18H,2,8-10,12H2,(H,27,30,31)/i2D,8D,10D2,18D. The fourth-order valence-electron chi connectivity index (χ4n) is 3.42. The number of piperidine rings is 1. The van der Waals surface area contributed by atoms with Gasteiger partial charge in [-0.25, -0.2) is 0 Å². The quantitative estimate of drug-likeness (QED) is 0.663. The van der Waals surface area contributed by atoms with Crippen molar-refractivity contribution in [3.63, 3.8) is 0 Å². The van der Waals surface area contributed by atoms with Gasteiger partial charge in [-0.3, -0.25) is 24.5 Å². The molecule has 0 radical (unpaired) electrons. The third kappa shape index (κ3) is 4.14. The van der Waals surface area contributed by atoms with Crippen molar-refractivity contribution in [1.29, 1.82) is 0 Å². The maximum absolute atomic E-state index is 14.6. The van der Waals surface area contributed by atoms with Crippen molar-refractivity contribution >= 4 is 35.1 Å². The predicted molar refractivity (Wildman–Crippen MR) is 111 cm³/mol. The minimum absolute atomic E-state index is 0.00198. The smallest absolute Gasteiger partial charge is 0.322 e. The normalized spacial score (nSPS) is 28.0. The summed E-state index contributed by atoms with van der Waals surface area (Å²) < 4.78 is 69.7. The molecule has 4 rings (SSSR count). The van der Waals surface area contributed by atoms with Crippen molar-refractivity contribution in [2.75, 3.05) is 0 Å². The number of hydrogen-bond donors (Lipinski definition) is 1. The summed E-state index contributed by atoms with van der Waals surface area (Å²) in [6.45, 7) is -0.430. The minimum atomic E-state index is -3.86. The molecule has 6 nitrogen and oxygen atoms in total. The van der Waals surface area contributed by atoms with Gasteiger partial charge in [0.2, 0.25) is 17.6 Å². The lowest BCUT2D eigenvalue weighted by atomic mass is 9.97. The molecule has 3 amide bonds. The number of amides is 3. The number of halogens is 3. The van der Waals surface area contributed by atoms with Gasteiger partial charge in [-0.05, 0) is 42.1 Å². The zero-order valence-electron chi connectivity index (χ0n) is 21.3. The second-order valence-electron chi connectivity index (χ2n) is 7.18. The average molecular weight is 466 g/mol. The van der Waals surface area contributed by atoms with E-state index in [9.17, 15) is 28.0 Å². The van der Waals surface area contributed by atoms with Crippen LogP contribution in [0, 0.1) is 0 Å². The van der Waals surface area contributed by atoms with Crippen LogP contribution in [0.25, 0.3) is 0 Å². The van der Waals surface area contributed by atoms with Crippen molar-refractivity contribution in [2.24, 2.45) is 0 Å². The molecule has 3 atom stereocenters. The Bertz CT molecular complexity index is 1330. The molecule has 2 aliphatic heterocycles. The number of nitrogens with one attached hydrogen (secondary N) is 1. The van der Waals surface area contributed by atoms with E-state index in [1.807, 2.05) is 0 Å². The predicted octanol–water partition coefficient (Wildman–Crippen LogP) is 3.39. The number of fused-ring (bicyclic) bond motifs is 1. The van der Waals surface area contributed by atoms with Crippen LogP contribution in [0.4, 0.5) is 8.78 Å². The molecule has 0 spiro atoms. The molecule has 32 heavy (non-hydrogen) atoms. The van der Waals surface area contributed by atoms with Gasteiger partial charge in [0, 0.05) is 41.0 Å². The van der Waals surface area contributed by atoms with E-state index in [0.29, 0.717) is 4.90 Å². The van der Waals surface area contributed by atoms with E-state index in [0.717, 1.165) is 12.1 Å². The molecule has 0 saturated carbocycles. The highest BCUT2D eigenvalue weighted by Crippen LogP contribution is 2.32. The molecule has 2 aromatic carbocycles. The van der Waals surface area contributed by atoms with Crippen LogP contribution in [0.1, 0.15) is 53.1 Å². The summed E-state index contributed by atoms with van der Waals surface area (Å²) in [5.74, 6) is -8.95. The third-order valence-electron chi connectivity index (χ3n) is 5.10. The Kier molecular flexibility index (Phi) is 4.34. The number of rotatable bonds is 6. The molecule has 1 saturated heterocycles. The van der Waals surface area contributed by atoms with Crippen molar-refractivity contribution in [2.45, 2.75) is 44.1 Å². The lowest BCUT2D eigenvalue weighted by Gasteiger charge is -2.29. The molecular formula is C23H19ClF2N2O4. The van der Waals surface area contributed by atoms with Gasteiger partial charge in [0.1, 0.15) is 6.02 Å². The highest BCUT2D eigenvalue weighted by atomic mass is 35.5. The van der Waals surface area contributed by atoms with E-state index < -0.39 is 73.1 Å². The average Bonchev–Trinajstić information content (AvgIpc) is 3.18. The number of imide groups is 1. The lowest BCUT2D eigenvalue weighted by Crippen LogP contribution is -2.52. The van der Waals surface area contributed by atoms with E-state index >= 15 is 0 Å². The molecule has 2 aliphatic rings. The molecule has 1 fully saturated rings. The molecule has 3 unspecified atom stereocenters. The van der Waals surface area contributed by atoms with E-state index in [1.54, 1.807) is 5.32 Å². The zero-order chi connectivity index (χ0) is 27.5. The molecule has 2 aromatic rings. The SMILES string of the molecule is [2H]C(CC(=O)C(F)(F)c1ccc(Cl)cc1)c1ccc2c(c1)CN(C1([2H])C(=O)NC(=O)C([2H])([2H])C1[2H])C2=O. The highest BCUT2D eigenvalue weighted by molar-refractivity contribution is 6.30. The van der Waals surface area contributed by atoms with Gasteiger partial charge in [0.15, 0.2) is 0 Å². The van der Waals surface area contributed by atoms with E-state index in [4.69, 9.17) is 18.5 Å². The molecule has 9 heteroatoms. The Morgan fingerprint density at radius 2 is 1.97 bits per heavy atom. The monoisotopic (exact) mass is 465 g/mol. The van der Waals surface area contributed by atoms with Crippen LogP contribution >= 0.6 is 11.6 Å². The molecule has 0 bridgehead atoms. The van der Waals surface area contributed by atoms with Crippen LogP contribution in [0.5, 0.6) is 0 Å². The maximum atomic E-state index is 14.6. The minimum Gasteiger partial charge on any atom is -0.322 e. The van der Waals surface area contributed by atoms with Crippen molar-refractivity contribution < 1.29 is 34.8 Å². The van der Waals surface area contributed by atoms with E-state index in [1.165, 1.54) is 30.3 Å². The van der Waals surface area contributed by atoms with Crippen LogP contribution in [-0.2, 0) is 33.2 Å². The topological polar surface area (TPSA) is 83.6 Å². The Hall–Kier alpha value is -3.13. The van der Waals surface area contributed by atoms with Crippen LogP contribution < -0.4 is 5.32 Å². The molecule has 0 aliphatic carbocycles. The van der Waals surface area contributed by atoms with Crippen LogP contribution in [-0.4, -0.2) is 34.4 Å². The first-order chi connectivity index (χ1) is 17.1. The number of carbonyl (C=O) groups is 4. The first kappa shape index (κ1) is 16.5. The summed E-state index contributed by atoms with van der Waals surface area (Å²) in [5.41, 5.74) is -0.258. The number of nitrogens with zero attached hydrogens (tertiary/aromatic N) is 1. The number of ketones is 1. The zero-order valence-corrected chi connectivity index (χ0v) is 17.1. The first-order valence-corrected chi connectivity index (χ1v) is 9.82. The lowest BCUT2D eigenvalue weighted by molar-refractivity contribution is -0.144. The van der Waals surface area contributed by atoms with Crippen molar-refractivity contribution in [3.8, 4) is 0 Å². The van der Waals surface area contributed by atoms with Crippen LogP contribution in [0.3, 0.4) is 0 Å². The fraction of sp³-hybridized carbons (Fsp3) is 0.304. The summed E-state index contributed by atoms with van der Waals surface area (Å²) in [4.78, 5) is 50.3. The molecule has 2 heterocycles. The van der Waals surface area contributed by atoms with Crippen LogP contribution in [0.15, 0.2) is 42.5 Å². The summed E-state index contributed by atoms with van der Waals surface area (Å²) >= 11 is 5.70. The summed E-state index contributed by atoms with van der Waals surface area (Å²) in [7, 11) is 0. The molecule has 0 aromatic heterocycles. The summed E-state index contributed by atoms with van der Waals surface area (Å²) in [6.07, 6.45) is -7.47. The van der Waals surface area contributed by atoms with Gasteiger partial charge < -0.3 is 4.90 Å². The van der Waals surface area contributed by atoms with Crippen LogP contribution in [0.2, 0.25) is 5.02 Å². The molecule has 166 valence electrons. The van der Waals surface area contributed by atoms with Gasteiger partial charge in [-0.1, -0.05) is 35.9 Å². The number of hydrogen-bond acceptors (Lipinski definition) is 4. The Morgan fingerprint density at radius 1 is 1.25 bits per heavy atom. The highest BCUT2D eigenvalue weighted by Gasteiger charge is 2.41. The number of carbonyl (C=O) groups excluding carboxylic acids is 4.